The molecule has 2 fully saturated rings. The molecule has 1 saturated heterocycles. The fourth-order valence-electron chi connectivity index (χ4n) is 2.52. The maximum absolute atomic E-state index is 12.3. The largest absolute Gasteiger partial charge is 0.409 e. The standard InChI is InChI=1S/C12H21N3O3/c13-10(15-17)12(4-6-18-7-5-12)11(16)14-8-9-2-1-3-9/h9,17H,1-8H2,(H2,13,15)(H,14,16). The Bertz CT molecular complexity index is 333. The van der Waals surface area contributed by atoms with Gasteiger partial charge < -0.3 is 21.0 Å². The summed E-state index contributed by atoms with van der Waals surface area (Å²) in [5.74, 6) is 0.461. The lowest BCUT2D eigenvalue weighted by Crippen LogP contribution is -2.53. The number of hydrogen-bond acceptors (Lipinski definition) is 4. The van der Waals surface area contributed by atoms with Crippen LogP contribution in [0, 0.1) is 11.3 Å². The summed E-state index contributed by atoms with van der Waals surface area (Å²) in [4.78, 5) is 12.3. The quantitative estimate of drug-likeness (QED) is 0.294. The molecule has 1 aliphatic heterocycles. The van der Waals surface area contributed by atoms with Crippen LogP contribution in [0.4, 0.5) is 0 Å². The number of rotatable bonds is 4. The van der Waals surface area contributed by atoms with Gasteiger partial charge in [-0.2, -0.15) is 0 Å². The van der Waals surface area contributed by atoms with Gasteiger partial charge in [0.25, 0.3) is 0 Å². The molecule has 1 amide bonds. The Kier molecular flexibility index (Phi) is 4.06. The molecule has 6 nitrogen and oxygen atoms in total. The van der Waals surface area contributed by atoms with E-state index in [4.69, 9.17) is 15.7 Å². The van der Waals surface area contributed by atoms with Gasteiger partial charge in [0.05, 0.1) is 0 Å². The molecule has 2 rings (SSSR count). The van der Waals surface area contributed by atoms with Crippen molar-refractivity contribution in [3.05, 3.63) is 0 Å². The molecule has 0 bridgehead atoms. The monoisotopic (exact) mass is 255 g/mol. The first-order valence-corrected chi connectivity index (χ1v) is 6.53. The normalized spacial score (nSPS) is 24.3. The van der Waals surface area contributed by atoms with E-state index >= 15 is 0 Å². The highest BCUT2D eigenvalue weighted by Crippen LogP contribution is 2.32. The summed E-state index contributed by atoms with van der Waals surface area (Å²) >= 11 is 0. The third-order valence-electron chi connectivity index (χ3n) is 4.16. The average molecular weight is 255 g/mol. The highest BCUT2D eigenvalue weighted by Gasteiger charge is 2.44. The number of nitrogens with two attached hydrogens (primary N) is 1. The number of hydrogen-bond donors (Lipinski definition) is 3. The topological polar surface area (TPSA) is 96.9 Å². The molecule has 0 atom stereocenters. The summed E-state index contributed by atoms with van der Waals surface area (Å²) in [5, 5.41) is 14.9. The Balaban J connectivity index is 2.00. The molecule has 0 spiro atoms. The molecule has 0 unspecified atom stereocenters. The zero-order valence-corrected chi connectivity index (χ0v) is 10.5. The van der Waals surface area contributed by atoms with Gasteiger partial charge in [-0.15, -0.1) is 0 Å². The van der Waals surface area contributed by atoms with Gasteiger partial charge in [-0.05, 0) is 31.6 Å². The number of ether oxygens (including phenoxy) is 1. The van der Waals surface area contributed by atoms with Crippen molar-refractivity contribution >= 4 is 11.7 Å². The zero-order valence-electron chi connectivity index (χ0n) is 10.5. The molecule has 0 aromatic rings. The lowest BCUT2D eigenvalue weighted by atomic mass is 9.77. The second-order valence-corrected chi connectivity index (χ2v) is 5.19. The molecule has 18 heavy (non-hydrogen) atoms. The molecule has 1 aliphatic carbocycles. The van der Waals surface area contributed by atoms with Crippen LogP contribution in [-0.2, 0) is 9.53 Å². The second-order valence-electron chi connectivity index (χ2n) is 5.19. The summed E-state index contributed by atoms with van der Waals surface area (Å²) < 4.78 is 5.26. The second kappa shape index (κ2) is 5.56. The maximum Gasteiger partial charge on any atom is 0.234 e. The number of amidine groups is 1. The van der Waals surface area contributed by atoms with Gasteiger partial charge in [0, 0.05) is 19.8 Å². The van der Waals surface area contributed by atoms with E-state index in [1.807, 2.05) is 0 Å². The van der Waals surface area contributed by atoms with Crippen LogP contribution in [0.25, 0.3) is 0 Å². The van der Waals surface area contributed by atoms with Crippen molar-refractivity contribution in [2.75, 3.05) is 19.8 Å². The van der Waals surface area contributed by atoms with E-state index in [-0.39, 0.29) is 11.7 Å². The van der Waals surface area contributed by atoms with Gasteiger partial charge in [0.15, 0.2) is 5.84 Å². The molecule has 1 saturated carbocycles. The van der Waals surface area contributed by atoms with E-state index in [9.17, 15) is 4.79 Å². The molecular weight excluding hydrogens is 234 g/mol. The Labute approximate surface area is 107 Å². The first-order chi connectivity index (χ1) is 8.69. The van der Waals surface area contributed by atoms with Crippen molar-refractivity contribution in [1.82, 2.24) is 5.32 Å². The van der Waals surface area contributed by atoms with Crippen molar-refractivity contribution in [3.8, 4) is 0 Å². The van der Waals surface area contributed by atoms with Crippen LogP contribution in [-0.4, -0.2) is 36.7 Å². The van der Waals surface area contributed by atoms with Gasteiger partial charge in [-0.3, -0.25) is 4.79 Å². The number of nitrogens with zero attached hydrogens (tertiary/aromatic N) is 1. The summed E-state index contributed by atoms with van der Waals surface area (Å²) in [6, 6.07) is 0. The molecule has 0 radical (unpaired) electrons. The van der Waals surface area contributed by atoms with Crippen LogP contribution < -0.4 is 11.1 Å². The van der Waals surface area contributed by atoms with Crippen molar-refractivity contribution in [2.45, 2.75) is 32.1 Å². The fourth-order valence-corrected chi connectivity index (χ4v) is 2.52. The van der Waals surface area contributed by atoms with Crippen molar-refractivity contribution < 1.29 is 14.7 Å². The van der Waals surface area contributed by atoms with Gasteiger partial charge in [-0.1, -0.05) is 11.6 Å². The van der Waals surface area contributed by atoms with E-state index in [1.165, 1.54) is 19.3 Å². The van der Waals surface area contributed by atoms with E-state index in [0.29, 0.717) is 38.5 Å². The predicted octanol–water partition coefficient (Wildman–Crippen LogP) is 0.446. The third-order valence-corrected chi connectivity index (χ3v) is 4.16. The molecule has 0 aromatic carbocycles. The minimum Gasteiger partial charge on any atom is -0.409 e. The molecule has 6 heteroatoms. The van der Waals surface area contributed by atoms with Crippen LogP contribution in [0.3, 0.4) is 0 Å². The average Bonchev–Trinajstić information content (AvgIpc) is 2.36. The van der Waals surface area contributed by atoms with E-state index in [0.717, 1.165) is 0 Å². The first-order valence-electron chi connectivity index (χ1n) is 6.53. The zero-order chi connectivity index (χ0) is 13.0. The Morgan fingerprint density at radius 3 is 2.61 bits per heavy atom. The number of carbonyl (C=O) groups is 1. The first kappa shape index (κ1) is 13.1. The molecule has 2 aliphatic rings. The van der Waals surface area contributed by atoms with Gasteiger partial charge in [0.2, 0.25) is 5.91 Å². The summed E-state index contributed by atoms with van der Waals surface area (Å²) in [6.07, 6.45) is 4.55. The predicted molar refractivity (Wildman–Crippen MR) is 66.2 cm³/mol. The highest BCUT2D eigenvalue weighted by molar-refractivity contribution is 6.06. The van der Waals surface area contributed by atoms with Crippen LogP contribution >= 0.6 is 0 Å². The number of carbonyl (C=O) groups excluding carboxylic acids is 1. The van der Waals surface area contributed by atoms with E-state index in [2.05, 4.69) is 10.5 Å². The summed E-state index contributed by atoms with van der Waals surface area (Å²) in [5.41, 5.74) is 4.83. The maximum atomic E-state index is 12.3. The van der Waals surface area contributed by atoms with Crippen LogP contribution in [0.1, 0.15) is 32.1 Å². The Morgan fingerprint density at radius 2 is 2.11 bits per heavy atom. The lowest BCUT2D eigenvalue weighted by molar-refractivity contribution is -0.132. The number of oxime groups is 1. The van der Waals surface area contributed by atoms with E-state index < -0.39 is 5.41 Å². The van der Waals surface area contributed by atoms with Crippen LogP contribution in [0.2, 0.25) is 0 Å². The third kappa shape index (κ3) is 2.43. The number of amides is 1. The molecule has 0 aromatic heterocycles. The van der Waals surface area contributed by atoms with Crippen molar-refractivity contribution in [3.63, 3.8) is 0 Å². The van der Waals surface area contributed by atoms with Crippen molar-refractivity contribution in [2.24, 2.45) is 22.2 Å². The highest BCUT2D eigenvalue weighted by atomic mass is 16.5. The molecule has 102 valence electrons. The minimum absolute atomic E-state index is 0.00286. The molecule has 4 N–H and O–H groups in total. The number of nitrogens with one attached hydrogen (secondary N) is 1. The van der Waals surface area contributed by atoms with Crippen LogP contribution in [0.15, 0.2) is 5.16 Å². The van der Waals surface area contributed by atoms with E-state index in [1.54, 1.807) is 0 Å². The van der Waals surface area contributed by atoms with Gasteiger partial charge in [-0.25, -0.2) is 0 Å². The van der Waals surface area contributed by atoms with Crippen molar-refractivity contribution in [1.29, 1.82) is 0 Å². The Hall–Kier alpha value is -1.30. The molecular formula is C12H21N3O3. The van der Waals surface area contributed by atoms with Gasteiger partial charge >= 0.3 is 0 Å². The van der Waals surface area contributed by atoms with Crippen LogP contribution in [0.5, 0.6) is 0 Å². The fraction of sp³-hybridized carbons (Fsp3) is 0.833. The lowest BCUT2D eigenvalue weighted by Gasteiger charge is -2.35. The van der Waals surface area contributed by atoms with Gasteiger partial charge in [0.1, 0.15) is 5.41 Å². The SMILES string of the molecule is NC(=NO)C1(C(=O)NCC2CCC2)CCOCC1. The Morgan fingerprint density at radius 1 is 1.44 bits per heavy atom. The minimum atomic E-state index is -0.892. The summed E-state index contributed by atoms with van der Waals surface area (Å²) in [6.45, 7) is 1.63. The molecule has 1 heterocycles. The summed E-state index contributed by atoms with van der Waals surface area (Å²) in [7, 11) is 0. The smallest absolute Gasteiger partial charge is 0.234 e.